The average Bonchev–Trinajstić information content (AvgIpc) is 3.13. The van der Waals surface area contributed by atoms with Crippen molar-refractivity contribution in [1.82, 2.24) is 5.32 Å². The van der Waals surface area contributed by atoms with Crippen molar-refractivity contribution in [2.24, 2.45) is 16.2 Å². The van der Waals surface area contributed by atoms with Crippen LogP contribution in [-0.2, 0) is 16.1 Å². The van der Waals surface area contributed by atoms with Crippen LogP contribution in [0.5, 0.6) is 11.5 Å². The minimum atomic E-state index is -0.574. The van der Waals surface area contributed by atoms with E-state index in [0.717, 1.165) is 24.2 Å². The molecule has 1 N–H and O–H groups in total. The number of benzene rings is 1. The first-order valence-electron chi connectivity index (χ1n) is 8.50. The quantitative estimate of drug-likeness (QED) is 0.926. The molecule has 0 unspecified atom stereocenters. The lowest BCUT2D eigenvalue weighted by Gasteiger charge is -2.38. The number of carbonyl (C=O) groups excluding carboxylic acids is 2. The highest BCUT2D eigenvalue weighted by Crippen LogP contribution is 2.70. The number of fused-ring (bicyclic) bond motifs is 3. The van der Waals surface area contributed by atoms with Crippen LogP contribution >= 0.6 is 0 Å². The summed E-state index contributed by atoms with van der Waals surface area (Å²) >= 11 is 0. The molecule has 0 aromatic heterocycles. The average molecular weight is 329 g/mol. The third kappa shape index (κ3) is 1.75. The summed E-state index contributed by atoms with van der Waals surface area (Å²) in [5.74, 6) is 1.68. The van der Waals surface area contributed by atoms with Crippen molar-refractivity contribution in [2.75, 3.05) is 6.79 Å². The number of ketones is 1. The van der Waals surface area contributed by atoms with Gasteiger partial charge in [0.2, 0.25) is 12.7 Å². The fourth-order valence-corrected chi connectivity index (χ4v) is 4.76. The number of Topliss-reactive ketones (excluding diaryl/α,β-unsaturated/α-hetero) is 1. The summed E-state index contributed by atoms with van der Waals surface area (Å²) in [5, 5.41) is 3.06. The Morgan fingerprint density at radius 3 is 2.58 bits per heavy atom. The first-order chi connectivity index (χ1) is 11.3. The predicted octanol–water partition coefficient (Wildman–Crippen LogP) is 2.82. The molecule has 0 radical (unpaired) electrons. The molecule has 1 aromatic carbocycles. The van der Waals surface area contributed by atoms with E-state index in [1.54, 1.807) is 0 Å². The van der Waals surface area contributed by atoms with Gasteiger partial charge < -0.3 is 14.8 Å². The molecule has 0 saturated heterocycles. The zero-order valence-electron chi connectivity index (χ0n) is 14.4. The molecule has 5 nitrogen and oxygen atoms in total. The zero-order chi connectivity index (χ0) is 17.2. The Kier molecular flexibility index (Phi) is 3.06. The van der Waals surface area contributed by atoms with Crippen molar-refractivity contribution in [1.29, 1.82) is 0 Å². The second-order valence-electron chi connectivity index (χ2n) is 8.01. The number of rotatable bonds is 3. The normalized spacial score (nSPS) is 32.2. The highest BCUT2D eigenvalue weighted by atomic mass is 16.7. The van der Waals surface area contributed by atoms with E-state index < -0.39 is 5.41 Å². The molecule has 2 fully saturated rings. The molecule has 1 heterocycles. The van der Waals surface area contributed by atoms with Gasteiger partial charge in [-0.1, -0.05) is 26.8 Å². The number of carbonyl (C=O) groups is 2. The minimum absolute atomic E-state index is 0.000239. The molecule has 1 aliphatic heterocycles. The van der Waals surface area contributed by atoms with Crippen LogP contribution in [0.1, 0.15) is 45.6 Å². The molecule has 1 amide bonds. The Bertz CT molecular complexity index is 741. The largest absolute Gasteiger partial charge is 0.454 e. The summed E-state index contributed by atoms with van der Waals surface area (Å²) in [6, 6.07) is 5.68. The molecule has 4 rings (SSSR count). The monoisotopic (exact) mass is 329 g/mol. The van der Waals surface area contributed by atoms with Gasteiger partial charge in [0.1, 0.15) is 5.78 Å². The van der Waals surface area contributed by atoms with E-state index in [0.29, 0.717) is 18.7 Å². The molecule has 2 atom stereocenters. The van der Waals surface area contributed by atoms with E-state index >= 15 is 0 Å². The Morgan fingerprint density at radius 1 is 1.17 bits per heavy atom. The van der Waals surface area contributed by atoms with Gasteiger partial charge in [-0.15, -0.1) is 0 Å². The summed E-state index contributed by atoms with van der Waals surface area (Å²) < 4.78 is 10.7. The van der Waals surface area contributed by atoms with E-state index in [9.17, 15) is 9.59 Å². The van der Waals surface area contributed by atoms with Gasteiger partial charge in [-0.3, -0.25) is 9.59 Å². The lowest BCUT2D eigenvalue weighted by atomic mass is 9.64. The van der Waals surface area contributed by atoms with Crippen molar-refractivity contribution < 1.29 is 19.1 Å². The van der Waals surface area contributed by atoms with Gasteiger partial charge in [0, 0.05) is 18.4 Å². The number of hydrogen-bond donors (Lipinski definition) is 1. The maximum absolute atomic E-state index is 13.0. The van der Waals surface area contributed by atoms with Gasteiger partial charge in [0.15, 0.2) is 11.5 Å². The van der Waals surface area contributed by atoms with Gasteiger partial charge in [0.05, 0.1) is 5.41 Å². The molecule has 24 heavy (non-hydrogen) atoms. The smallest absolute Gasteiger partial charge is 0.231 e. The standard InChI is InChI=1S/C19H23NO4/c1-17(2)18(3)6-7-19(17,9-15(18)21)16(22)20-10-12-4-5-13-14(8-12)24-11-23-13/h4-5,8H,6-7,9-11H2,1-3H3,(H,20,22)/t18-,19-/m0/s1. The summed E-state index contributed by atoms with van der Waals surface area (Å²) in [4.78, 5) is 25.5. The van der Waals surface area contributed by atoms with Gasteiger partial charge >= 0.3 is 0 Å². The molecule has 1 aromatic rings. The maximum Gasteiger partial charge on any atom is 0.231 e. The van der Waals surface area contributed by atoms with E-state index in [-0.39, 0.29) is 29.3 Å². The maximum atomic E-state index is 13.0. The Morgan fingerprint density at radius 2 is 1.92 bits per heavy atom. The third-order valence-electron chi connectivity index (χ3n) is 7.03. The van der Waals surface area contributed by atoms with Crippen LogP contribution in [0.4, 0.5) is 0 Å². The number of nitrogens with one attached hydrogen (secondary N) is 1. The van der Waals surface area contributed by atoms with Gasteiger partial charge in [-0.05, 0) is 36.0 Å². The lowest BCUT2D eigenvalue weighted by molar-refractivity contribution is -0.136. The summed E-state index contributed by atoms with van der Waals surface area (Å²) in [5.41, 5.74) is -0.291. The molecular formula is C19H23NO4. The van der Waals surface area contributed by atoms with Crippen LogP contribution in [0.25, 0.3) is 0 Å². The predicted molar refractivity (Wildman–Crippen MR) is 87.6 cm³/mol. The van der Waals surface area contributed by atoms with Crippen LogP contribution < -0.4 is 14.8 Å². The molecule has 128 valence electrons. The fraction of sp³-hybridized carbons (Fsp3) is 0.579. The summed E-state index contributed by atoms with van der Waals surface area (Å²) in [7, 11) is 0. The Balaban J connectivity index is 1.52. The van der Waals surface area contributed by atoms with E-state index in [1.165, 1.54) is 0 Å². The van der Waals surface area contributed by atoms with Crippen molar-refractivity contribution >= 4 is 11.7 Å². The van der Waals surface area contributed by atoms with Crippen LogP contribution in [0.15, 0.2) is 18.2 Å². The number of ether oxygens (including phenoxy) is 2. The molecule has 0 spiro atoms. The molecule has 2 bridgehead atoms. The number of amides is 1. The van der Waals surface area contributed by atoms with E-state index in [1.807, 2.05) is 25.1 Å². The molecule has 3 aliphatic rings. The summed E-state index contributed by atoms with van der Waals surface area (Å²) in [6.45, 7) is 6.84. The highest BCUT2D eigenvalue weighted by molar-refractivity contribution is 5.99. The fourth-order valence-electron chi connectivity index (χ4n) is 4.76. The molecule has 2 aliphatic carbocycles. The van der Waals surface area contributed by atoms with Gasteiger partial charge in [0.25, 0.3) is 0 Å². The van der Waals surface area contributed by atoms with Gasteiger partial charge in [-0.25, -0.2) is 0 Å². The van der Waals surface area contributed by atoms with Crippen molar-refractivity contribution in [3.05, 3.63) is 23.8 Å². The molecular weight excluding hydrogens is 306 g/mol. The second-order valence-corrected chi connectivity index (χ2v) is 8.01. The molecule has 2 saturated carbocycles. The lowest BCUT2D eigenvalue weighted by Crippen LogP contribution is -2.46. The minimum Gasteiger partial charge on any atom is -0.454 e. The first kappa shape index (κ1) is 15.5. The van der Waals surface area contributed by atoms with Crippen LogP contribution in [-0.4, -0.2) is 18.5 Å². The van der Waals surface area contributed by atoms with E-state index in [2.05, 4.69) is 19.2 Å². The van der Waals surface area contributed by atoms with Crippen LogP contribution in [0, 0.1) is 16.2 Å². The van der Waals surface area contributed by atoms with Crippen molar-refractivity contribution in [3.63, 3.8) is 0 Å². The highest BCUT2D eigenvalue weighted by Gasteiger charge is 2.72. The Hall–Kier alpha value is -2.04. The third-order valence-corrected chi connectivity index (χ3v) is 7.03. The van der Waals surface area contributed by atoms with Gasteiger partial charge in [-0.2, -0.15) is 0 Å². The SMILES string of the molecule is CC1(C)[C@@]2(C(=O)NCc3ccc4c(c3)OCO4)CC[C@@]1(C)C(=O)C2. The zero-order valence-corrected chi connectivity index (χ0v) is 14.4. The Labute approximate surface area is 141 Å². The van der Waals surface area contributed by atoms with Crippen LogP contribution in [0.2, 0.25) is 0 Å². The van der Waals surface area contributed by atoms with Crippen LogP contribution in [0.3, 0.4) is 0 Å². The van der Waals surface area contributed by atoms with Crippen molar-refractivity contribution in [2.45, 2.75) is 46.6 Å². The first-order valence-corrected chi connectivity index (χ1v) is 8.50. The second kappa shape index (κ2) is 4.74. The van der Waals surface area contributed by atoms with E-state index in [4.69, 9.17) is 9.47 Å². The number of hydrogen-bond acceptors (Lipinski definition) is 4. The topological polar surface area (TPSA) is 64.6 Å². The molecule has 5 heteroatoms. The van der Waals surface area contributed by atoms with Crippen molar-refractivity contribution in [3.8, 4) is 11.5 Å². The summed E-state index contributed by atoms with van der Waals surface area (Å²) in [6.07, 6.45) is 1.95.